The molecule has 23 heavy (non-hydrogen) atoms. The quantitative estimate of drug-likeness (QED) is 0.875. The summed E-state index contributed by atoms with van der Waals surface area (Å²) in [6.45, 7) is 5.19. The van der Waals surface area contributed by atoms with Gasteiger partial charge in [-0.05, 0) is 38.6 Å². The lowest BCUT2D eigenvalue weighted by atomic mass is 10.1. The largest absolute Gasteiger partial charge is 0.390 e. The van der Waals surface area contributed by atoms with Crippen molar-refractivity contribution in [3.8, 4) is 0 Å². The van der Waals surface area contributed by atoms with Crippen LogP contribution in [0, 0.1) is 0 Å². The molecule has 124 valence electrons. The predicted molar refractivity (Wildman–Crippen MR) is 90.7 cm³/mol. The van der Waals surface area contributed by atoms with E-state index in [-0.39, 0.29) is 6.61 Å². The minimum Gasteiger partial charge on any atom is -0.390 e. The van der Waals surface area contributed by atoms with E-state index in [1.165, 1.54) is 19.4 Å². The summed E-state index contributed by atoms with van der Waals surface area (Å²) in [5.74, 6) is 1.16. The van der Waals surface area contributed by atoms with Crippen LogP contribution in [0.25, 0.3) is 5.65 Å². The third kappa shape index (κ3) is 2.51. The monoisotopic (exact) mass is 315 g/mol. The molecule has 2 aromatic heterocycles. The van der Waals surface area contributed by atoms with E-state index in [0.717, 1.165) is 42.5 Å². The van der Waals surface area contributed by atoms with Gasteiger partial charge < -0.3 is 15.3 Å². The summed E-state index contributed by atoms with van der Waals surface area (Å²) >= 11 is 0. The summed E-state index contributed by atoms with van der Waals surface area (Å²) in [6, 6.07) is 6.93. The maximum absolute atomic E-state index is 9.89. The van der Waals surface area contributed by atoms with Gasteiger partial charge in [-0.1, -0.05) is 6.07 Å². The Morgan fingerprint density at radius 1 is 1.30 bits per heavy atom. The van der Waals surface area contributed by atoms with Gasteiger partial charge in [0.15, 0.2) is 0 Å². The van der Waals surface area contributed by atoms with Gasteiger partial charge in [0.1, 0.15) is 11.5 Å². The lowest BCUT2D eigenvalue weighted by Crippen LogP contribution is -2.50. The molecule has 2 fully saturated rings. The maximum Gasteiger partial charge on any atom is 0.138 e. The number of hydrogen-bond acceptors (Lipinski definition) is 5. The summed E-state index contributed by atoms with van der Waals surface area (Å²) < 4.78 is 2.14. The van der Waals surface area contributed by atoms with Crippen LogP contribution in [0.2, 0.25) is 0 Å². The van der Waals surface area contributed by atoms with Crippen LogP contribution in [-0.4, -0.2) is 58.7 Å². The van der Waals surface area contributed by atoms with Crippen molar-refractivity contribution in [3.05, 3.63) is 29.6 Å². The molecule has 0 aliphatic carbocycles. The molecule has 6 nitrogen and oxygen atoms in total. The molecule has 0 saturated carbocycles. The molecule has 2 N–H and O–H groups in total. The molecule has 4 rings (SSSR count). The Kier molecular flexibility index (Phi) is 3.97. The van der Waals surface area contributed by atoms with Crippen molar-refractivity contribution in [2.45, 2.75) is 32.0 Å². The van der Waals surface area contributed by atoms with Gasteiger partial charge in [0.25, 0.3) is 0 Å². The highest BCUT2D eigenvalue weighted by atomic mass is 16.3. The van der Waals surface area contributed by atoms with Gasteiger partial charge in [-0.25, -0.2) is 4.98 Å². The van der Waals surface area contributed by atoms with Crippen LogP contribution < -0.4 is 10.2 Å². The molecule has 0 bridgehead atoms. The number of nitrogens with zero attached hydrogens (tertiary/aromatic N) is 4. The molecule has 1 atom stereocenters. The van der Waals surface area contributed by atoms with Crippen molar-refractivity contribution in [3.63, 3.8) is 0 Å². The van der Waals surface area contributed by atoms with E-state index in [9.17, 15) is 5.11 Å². The Hall–Kier alpha value is -1.63. The maximum atomic E-state index is 9.89. The highest BCUT2D eigenvalue weighted by Gasteiger charge is 2.31. The lowest BCUT2D eigenvalue weighted by Gasteiger charge is -2.39. The number of anilines is 1. The molecular formula is C17H25N5O. The molecule has 1 unspecified atom stereocenters. The second kappa shape index (κ2) is 6.11. The summed E-state index contributed by atoms with van der Waals surface area (Å²) in [5, 5.41) is 13.0. The fourth-order valence-electron chi connectivity index (χ4n) is 4.10. The number of piperazine rings is 1. The lowest BCUT2D eigenvalue weighted by molar-refractivity contribution is 0.230. The first-order chi connectivity index (χ1) is 11.3. The highest BCUT2D eigenvalue weighted by Crippen LogP contribution is 2.27. The number of hydrogen-bond donors (Lipinski definition) is 2. The zero-order valence-corrected chi connectivity index (χ0v) is 13.7. The van der Waals surface area contributed by atoms with E-state index >= 15 is 0 Å². The second-order valence-electron chi connectivity index (χ2n) is 6.55. The van der Waals surface area contributed by atoms with E-state index in [4.69, 9.17) is 4.98 Å². The fourth-order valence-corrected chi connectivity index (χ4v) is 4.10. The number of rotatable bonds is 4. The van der Waals surface area contributed by atoms with Crippen LogP contribution in [-0.2, 0) is 13.2 Å². The first kappa shape index (κ1) is 14.9. The average molecular weight is 315 g/mol. The third-order valence-electron chi connectivity index (χ3n) is 5.21. The zero-order chi connectivity index (χ0) is 15.8. The number of aliphatic hydroxyl groups excluding tert-OH is 1. The Morgan fingerprint density at radius 2 is 2.22 bits per heavy atom. The van der Waals surface area contributed by atoms with E-state index in [0.29, 0.717) is 12.6 Å². The Labute approximate surface area is 136 Å². The molecule has 0 radical (unpaired) electrons. The SMILES string of the molecule is CNCc1nc2cccc(N3CCN4CCCC4C3)n2c1CO. The number of aliphatic hydroxyl groups is 1. The van der Waals surface area contributed by atoms with E-state index in [2.05, 4.69) is 31.7 Å². The van der Waals surface area contributed by atoms with Gasteiger partial charge in [-0.15, -0.1) is 0 Å². The number of imidazole rings is 1. The van der Waals surface area contributed by atoms with E-state index in [1.54, 1.807) is 0 Å². The second-order valence-corrected chi connectivity index (χ2v) is 6.55. The summed E-state index contributed by atoms with van der Waals surface area (Å²) in [4.78, 5) is 9.78. The molecule has 0 spiro atoms. The average Bonchev–Trinajstić information content (AvgIpc) is 3.17. The first-order valence-corrected chi connectivity index (χ1v) is 8.55. The summed E-state index contributed by atoms with van der Waals surface area (Å²) in [7, 11) is 1.91. The van der Waals surface area contributed by atoms with Crippen LogP contribution in [0.1, 0.15) is 24.2 Å². The predicted octanol–water partition coefficient (Wildman–Crippen LogP) is 0.830. The van der Waals surface area contributed by atoms with E-state index in [1.807, 2.05) is 13.1 Å². The number of aromatic nitrogens is 2. The van der Waals surface area contributed by atoms with Crippen LogP contribution in [0.3, 0.4) is 0 Å². The van der Waals surface area contributed by atoms with Gasteiger partial charge in [0.05, 0.1) is 18.0 Å². The van der Waals surface area contributed by atoms with Crippen molar-refractivity contribution in [1.82, 2.24) is 19.6 Å². The smallest absolute Gasteiger partial charge is 0.138 e. The van der Waals surface area contributed by atoms with Gasteiger partial charge >= 0.3 is 0 Å². The van der Waals surface area contributed by atoms with Crippen LogP contribution in [0.5, 0.6) is 0 Å². The molecule has 2 saturated heterocycles. The Balaban J connectivity index is 1.74. The Bertz CT molecular complexity index is 698. The molecule has 0 amide bonds. The van der Waals surface area contributed by atoms with Gasteiger partial charge in [0, 0.05) is 32.2 Å². The van der Waals surface area contributed by atoms with Crippen LogP contribution >= 0.6 is 0 Å². The van der Waals surface area contributed by atoms with Crippen LogP contribution in [0.15, 0.2) is 18.2 Å². The summed E-state index contributed by atoms with van der Waals surface area (Å²) in [5.41, 5.74) is 2.76. The standard InChI is InChI=1S/C17H25N5O/c1-18-10-14-15(12-23)22-16(19-14)5-2-6-17(22)21-9-8-20-7-3-4-13(20)11-21/h2,5-6,13,18,23H,3-4,7-12H2,1H3. The van der Waals surface area contributed by atoms with Crippen LogP contribution in [0.4, 0.5) is 5.82 Å². The highest BCUT2D eigenvalue weighted by molar-refractivity contribution is 5.55. The topological polar surface area (TPSA) is 56.0 Å². The van der Waals surface area contributed by atoms with Gasteiger partial charge in [-0.2, -0.15) is 0 Å². The van der Waals surface area contributed by atoms with Gasteiger partial charge in [0.2, 0.25) is 0 Å². The van der Waals surface area contributed by atoms with Crippen molar-refractivity contribution < 1.29 is 5.11 Å². The minimum atomic E-state index is 0.0125. The Morgan fingerprint density at radius 3 is 3.04 bits per heavy atom. The molecule has 6 heteroatoms. The molecule has 0 aromatic carbocycles. The molecule has 4 heterocycles. The third-order valence-corrected chi connectivity index (χ3v) is 5.21. The van der Waals surface area contributed by atoms with Gasteiger partial charge in [-0.3, -0.25) is 9.30 Å². The molecule has 2 aromatic rings. The zero-order valence-electron chi connectivity index (χ0n) is 13.7. The number of nitrogens with one attached hydrogen (secondary N) is 1. The first-order valence-electron chi connectivity index (χ1n) is 8.55. The van der Waals surface area contributed by atoms with E-state index < -0.39 is 0 Å². The molecular weight excluding hydrogens is 290 g/mol. The fraction of sp³-hybridized carbons (Fsp3) is 0.588. The molecule has 2 aliphatic rings. The van der Waals surface area contributed by atoms with Crippen molar-refractivity contribution in [1.29, 1.82) is 0 Å². The minimum absolute atomic E-state index is 0.0125. The number of fused-ring (bicyclic) bond motifs is 2. The van der Waals surface area contributed by atoms with Crippen molar-refractivity contribution >= 4 is 11.5 Å². The summed E-state index contributed by atoms with van der Waals surface area (Å²) in [6.07, 6.45) is 2.62. The number of pyridine rings is 1. The van der Waals surface area contributed by atoms with Crippen molar-refractivity contribution in [2.75, 3.05) is 38.1 Å². The normalized spacial score (nSPS) is 22.0. The molecule has 2 aliphatic heterocycles. The van der Waals surface area contributed by atoms with Crippen molar-refractivity contribution in [2.24, 2.45) is 0 Å².